The fraction of sp³-hybridized carbons (Fsp3) is 0.0588. The molecule has 24 heavy (non-hydrogen) atoms. The summed E-state index contributed by atoms with van der Waals surface area (Å²) in [5, 5.41) is 24.3. The third-order valence-corrected chi connectivity index (χ3v) is 3.37. The predicted octanol–water partition coefficient (Wildman–Crippen LogP) is 2.41. The van der Waals surface area contributed by atoms with E-state index in [0.29, 0.717) is 17.1 Å². The van der Waals surface area contributed by atoms with Crippen molar-refractivity contribution < 1.29 is 9.90 Å². The lowest BCUT2D eigenvalue weighted by atomic mass is 10.2. The first-order valence-corrected chi connectivity index (χ1v) is 7.26. The summed E-state index contributed by atoms with van der Waals surface area (Å²) in [5.74, 6) is 0.195. The first-order valence-electron chi connectivity index (χ1n) is 7.26. The van der Waals surface area contributed by atoms with Crippen LogP contribution in [0.25, 0.3) is 11.3 Å². The Hall–Kier alpha value is -3.48. The van der Waals surface area contributed by atoms with Gasteiger partial charge in [0.15, 0.2) is 11.6 Å². The van der Waals surface area contributed by atoms with E-state index in [1.165, 1.54) is 17.8 Å². The number of carbonyl (C=O) groups is 1. The molecule has 0 aliphatic heterocycles. The van der Waals surface area contributed by atoms with Crippen molar-refractivity contribution in [1.29, 1.82) is 0 Å². The molecular weight excluding hydrogens is 306 g/mol. The van der Waals surface area contributed by atoms with Gasteiger partial charge in [-0.3, -0.25) is 4.79 Å². The molecule has 3 aromatic rings. The minimum absolute atomic E-state index is 0.0827. The second kappa shape index (κ2) is 6.74. The van der Waals surface area contributed by atoms with Gasteiger partial charge in [0.2, 0.25) is 0 Å². The molecule has 0 unspecified atom stereocenters. The summed E-state index contributed by atoms with van der Waals surface area (Å²) in [7, 11) is 0. The van der Waals surface area contributed by atoms with Gasteiger partial charge in [0.05, 0.1) is 16.9 Å². The topological polar surface area (TPSA) is 92.9 Å². The Kier molecular flexibility index (Phi) is 4.33. The Morgan fingerprint density at radius 1 is 1.12 bits per heavy atom. The van der Waals surface area contributed by atoms with Crippen molar-refractivity contribution in [3.63, 3.8) is 0 Å². The van der Waals surface area contributed by atoms with E-state index in [2.05, 4.69) is 20.8 Å². The number of phenols is 1. The molecule has 2 aromatic carbocycles. The molecule has 0 atom stereocenters. The average Bonchev–Trinajstić information content (AvgIpc) is 3.06. The zero-order valence-corrected chi connectivity index (χ0v) is 12.9. The Morgan fingerprint density at radius 2 is 1.83 bits per heavy atom. The zero-order chi connectivity index (χ0) is 16.9. The molecule has 0 aliphatic carbocycles. The minimum atomic E-state index is -0.204. The lowest BCUT2D eigenvalue weighted by molar-refractivity contribution is -0.111. The quantitative estimate of drug-likeness (QED) is 0.554. The number of hydrogen-bond acceptors (Lipinski definition) is 6. The Morgan fingerprint density at radius 3 is 2.54 bits per heavy atom. The van der Waals surface area contributed by atoms with E-state index in [1.54, 1.807) is 24.3 Å². The van der Waals surface area contributed by atoms with Gasteiger partial charge >= 0.3 is 0 Å². The lowest BCUT2D eigenvalue weighted by Crippen LogP contribution is -2.08. The van der Waals surface area contributed by atoms with Crippen LogP contribution in [0, 0.1) is 0 Å². The minimum Gasteiger partial charge on any atom is -0.506 e. The fourth-order valence-electron chi connectivity index (χ4n) is 2.17. The largest absolute Gasteiger partial charge is 0.506 e. The van der Waals surface area contributed by atoms with Crippen LogP contribution in [0.1, 0.15) is 12.7 Å². The van der Waals surface area contributed by atoms with Crippen LogP contribution in [0.4, 0.5) is 5.69 Å². The molecule has 0 saturated heterocycles. The van der Waals surface area contributed by atoms with E-state index in [4.69, 9.17) is 0 Å². The van der Waals surface area contributed by atoms with E-state index in [1.807, 2.05) is 30.3 Å². The van der Waals surface area contributed by atoms with Crippen molar-refractivity contribution >= 4 is 17.0 Å². The van der Waals surface area contributed by atoms with Crippen LogP contribution in [0.15, 0.2) is 60.8 Å². The Labute approximate surface area is 138 Å². The number of rotatable bonds is 5. The van der Waals surface area contributed by atoms with E-state index in [9.17, 15) is 9.90 Å². The van der Waals surface area contributed by atoms with Crippen molar-refractivity contribution in [3.8, 4) is 11.4 Å². The number of nitrogens with zero attached hydrogens (tertiary/aromatic N) is 4. The standard InChI is InChI=1S/C17H15N5O2/c1-12(23)14(11-18-15-9-5-6-10-16(15)24)17-19-20-21-22(17)13-7-3-2-4-8-13/h2-11,18,24H,1H3. The smallest absolute Gasteiger partial charge is 0.192 e. The number of aromatic hydroxyl groups is 1. The van der Waals surface area contributed by atoms with Gasteiger partial charge in [-0.25, -0.2) is 0 Å². The number of allylic oxidation sites excluding steroid dienone is 1. The first-order chi connectivity index (χ1) is 11.7. The van der Waals surface area contributed by atoms with Gasteiger partial charge in [0.25, 0.3) is 0 Å². The van der Waals surface area contributed by atoms with Gasteiger partial charge in [-0.1, -0.05) is 30.3 Å². The summed E-state index contributed by atoms with van der Waals surface area (Å²) in [6, 6.07) is 16.0. The molecule has 0 saturated carbocycles. The number of ketones is 1. The second-order valence-corrected chi connectivity index (χ2v) is 5.03. The number of nitrogens with one attached hydrogen (secondary N) is 1. The summed E-state index contributed by atoms with van der Waals surface area (Å²) in [4.78, 5) is 12.1. The number of para-hydroxylation sites is 3. The first kappa shape index (κ1) is 15.4. The summed E-state index contributed by atoms with van der Waals surface area (Å²) in [6.45, 7) is 1.43. The van der Waals surface area contributed by atoms with E-state index < -0.39 is 0 Å². The SMILES string of the molecule is CC(=O)C(=CNc1ccccc1O)c1nnnn1-c1ccccc1. The van der Waals surface area contributed by atoms with Crippen molar-refractivity contribution in [2.45, 2.75) is 6.92 Å². The van der Waals surface area contributed by atoms with Crippen molar-refractivity contribution in [3.05, 3.63) is 66.6 Å². The van der Waals surface area contributed by atoms with Crippen LogP contribution in [-0.2, 0) is 4.79 Å². The van der Waals surface area contributed by atoms with Gasteiger partial charge in [-0.2, -0.15) is 4.68 Å². The molecular formula is C17H15N5O2. The zero-order valence-electron chi connectivity index (χ0n) is 12.9. The van der Waals surface area contributed by atoms with Crippen LogP contribution >= 0.6 is 0 Å². The van der Waals surface area contributed by atoms with Crippen LogP contribution in [0.2, 0.25) is 0 Å². The highest BCUT2D eigenvalue weighted by Gasteiger charge is 2.17. The summed E-state index contributed by atoms with van der Waals surface area (Å²) in [6.07, 6.45) is 1.49. The highest BCUT2D eigenvalue weighted by molar-refractivity contribution is 6.18. The van der Waals surface area contributed by atoms with Crippen LogP contribution in [0.3, 0.4) is 0 Å². The van der Waals surface area contributed by atoms with Gasteiger partial charge in [0, 0.05) is 6.20 Å². The molecule has 0 radical (unpaired) electrons. The van der Waals surface area contributed by atoms with Gasteiger partial charge < -0.3 is 10.4 Å². The molecule has 0 bridgehead atoms. The molecule has 1 aromatic heterocycles. The molecule has 7 heteroatoms. The van der Waals surface area contributed by atoms with Crippen LogP contribution < -0.4 is 5.32 Å². The molecule has 120 valence electrons. The number of Topliss-reactive ketones (excluding diaryl/α,β-unsaturated/α-hetero) is 1. The maximum atomic E-state index is 12.1. The summed E-state index contributed by atoms with van der Waals surface area (Å²) in [5.41, 5.74) is 1.52. The van der Waals surface area contributed by atoms with Gasteiger partial charge in [0.1, 0.15) is 5.75 Å². The van der Waals surface area contributed by atoms with E-state index >= 15 is 0 Å². The van der Waals surface area contributed by atoms with Gasteiger partial charge in [-0.05, 0) is 41.6 Å². The predicted molar refractivity (Wildman–Crippen MR) is 89.5 cm³/mol. The number of hydrogen-bond donors (Lipinski definition) is 2. The van der Waals surface area contributed by atoms with Crippen LogP contribution in [-0.4, -0.2) is 31.1 Å². The van der Waals surface area contributed by atoms with Crippen molar-refractivity contribution in [1.82, 2.24) is 20.2 Å². The maximum Gasteiger partial charge on any atom is 0.192 e. The number of aromatic nitrogens is 4. The third-order valence-electron chi connectivity index (χ3n) is 3.37. The number of anilines is 1. The van der Waals surface area contributed by atoms with Crippen LogP contribution in [0.5, 0.6) is 5.75 Å². The van der Waals surface area contributed by atoms with E-state index in [-0.39, 0.29) is 11.5 Å². The maximum absolute atomic E-state index is 12.1. The molecule has 3 rings (SSSR count). The molecule has 0 spiro atoms. The number of carbonyl (C=O) groups excluding carboxylic acids is 1. The molecule has 0 aliphatic rings. The lowest BCUT2D eigenvalue weighted by Gasteiger charge is -2.08. The number of benzene rings is 2. The summed E-state index contributed by atoms with van der Waals surface area (Å²) < 4.78 is 1.49. The Balaban J connectivity index is 1.99. The highest BCUT2D eigenvalue weighted by Crippen LogP contribution is 2.23. The highest BCUT2D eigenvalue weighted by atomic mass is 16.3. The van der Waals surface area contributed by atoms with Gasteiger partial charge in [-0.15, -0.1) is 5.10 Å². The summed E-state index contributed by atoms with van der Waals surface area (Å²) >= 11 is 0. The normalized spacial score (nSPS) is 11.3. The van der Waals surface area contributed by atoms with Crippen molar-refractivity contribution in [2.24, 2.45) is 0 Å². The molecule has 1 heterocycles. The number of phenolic OH excluding ortho intramolecular Hbond substituents is 1. The van der Waals surface area contributed by atoms with E-state index in [0.717, 1.165) is 5.69 Å². The third kappa shape index (κ3) is 3.14. The monoisotopic (exact) mass is 321 g/mol. The fourth-order valence-corrected chi connectivity index (χ4v) is 2.17. The molecule has 0 fully saturated rings. The Bertz CT molecular complexity index is 887. The number of tetrazole rings is 1. The molecule has 2 N–H and O–H groups in total. The molecule has 0 amide bonds. The second-order valence-electron chi connectivity index (χ2n) is 5.03. The molecule has 7 nitrogen and oxygen atoms in total. The average molecular weight is 321 g/mol. The van der Waals surface area contributed by atoms with Crippen molar-refractivity contribution in [2.75, 3.05) is 5.32 Å².